The third kappa shape index (κ3) is 4.38. The highest BCUT2D eigenvalue weighted by atomic mass is 79.9. The van der Waals surface area contributed by atoms with Crippen LogP contribution in [0.15, 0.2) is 46.9 Å². The summed E-state index contributed by atoms with van der Waals surface area (Å²) in [6.07, 6.45) is 2.05. The van der Waals surface area contributed by atoms with Crippen molar-refractivity contribution in [2.45, 2.75) is 19.8 Å². The van der Waals surface area contributed by atoms with Gasteiger partial charge in [0.2, 0.25) is 0 Å². The van der Waals surface area contributed by atoms with Crippen LogP contribution in [0.25, 0.3) is 0 Å². The van der Waals surface area contributed by atoms with Gasteiger partial charge in [-0.15, -0.1) is 0 Å². The molecule has 0 radical (unpaired) electrons. The molecule has 2 aromatic rings. The van der Waals surface area contributed by atoms with Crippen molar-refractivity contribution < 1.29 is 9.53 Å². The van der Waals surface area contributed by atoms with Gasteiger partial charge in [0.05, 0.1) is 0 Å². The van der Waals surface area contributed by atoms with E-state index in [0.717, 1.165) is 35.1 Å². The fraction of sp³-hybridized carbons (Fsp3) is 0.263. The molecule has 3 rings (SSSR count). The van der Waals surface area contributed by atoms with E-state index in [-0.39, 0.29) is 12.5 Å². The Bertz CT molecular complexity index is 810. The Morgan fingerprint density at radius 1 is 1.32 bits per heavy atom. The molecule has 1 heterocycles. The summed E-state index contributed by atoms with van der Waals surface area (Å²) >= 11 is 8.84. The standard InChI is InChI=1S/C19H19BrN2O2S/c1-13-11-15(20)8-9-17(13)24-12-18(23)21-19(25)22-10-4-6-14-5-2-3-7-16(14)22/h2-3,5,7-9,11H,4,6,10,12H2,1H3,(H,21,23,25). The first-order chi connectivity index (χ1) is 12.0. The number of fused-ring (bicyclic) bond motifs is 1. The van der Waals surface area contributed by atoms with Crippen molar-refractivity contribution in [3.63, 3.8) is 0 Å². The highest BCUT2D eigenvalue weighted by molar-refractivity contribution is 9.10. The minimum absolute atomic E-state index is 0.0713. The molecule has 0 saturated carbocycles. The maximum atomic E-state index is 12.2. The molecule has 1 N–H and O–H groups in total. The second-order valence-electron chi connectivity index (χ2n) is 5.94. The van der Waals surface area contributed by atoms with Crippen LogP contribution >= 0.6 is 28.1 Å². The molecule has 0 atom stereocenters. The molecule has 0 saturated heterocycles. The van der Waals surface area contributed by atoms with Crippen LogP contribution in [0.5, 0.6) is 5.75 Å². The van der Waals surface area contributed by atoms with Gasteiger partial charge in [-0.3, -0.25) is 10.1 Å². The molecule has 25 heavy (non-hydrogen) atoms. The number of nitrogens with one attached hydrogen (secondary N) is 1. The van der Waals surface area contributed by atoms with Gasteiger partial charge in [0.1, 0.15) is 5.75 Å². The van der Waals surface area contributed by atoms with E-state index in [0.29, 0.717) is 10.9 Å². The number of anilines is 1. The Balaban J connectivity index is 1.59. The summed E-state index contributed by atoms with van der Waals surface area (Å²) in [6.45, 7) is 2.67. The summed E-state index contributed by atoms with van der Waals surface area (Å²) < 4.78 is 6.58. The van der Waals surface area contributed by atoms with E-state index in [1.165, 1.54) is 5.56 Å². The monoisotopic (exact) mass is 418 g/mol. The van der Waals surface area contributed by atoms with Crippen molar-refractivity contribution in [2.24, 2.45) is 0 Å². The normalized spacial score (nSPS) is 13.1. The lowest BCUT2D eigenvalue weighted by Gasteiger charge is -2.31. The molecule has 0 aromatic heterocycles. The number of thiocarbonyl (C=S) groups is 1. The Morgan fingerprint density at radius 2 is 2.12 bits per heavy atom. The molecular weight excluding hydrogens is 400 g/mol. The number of hydrogen-bond acceptors (Lipinski definition) is 3. The second kappa shape index (κ2) is 7.97. The van der Waals surface area contributed by atoms with Gasteiger partial charge in [-0.05, 0) is 67.4 Å². The van der Waals surface area contributed by atoms with E-state index in [2.05, 4.69) is 27.3 Å². The molecule has 2 aromatic carbocycles. The minimum Gasteiger partial charge on any atom is -0.483 e. The fourth-order valence-electron chi connectivity index (χ4n) is 2.89. The smallest absolute Gasteiger partial charge is 0.264 e. The van der Waals surface area contributed by atoms with Gasteiger partial charge < -0.3 is 9.64 Å². The SMILES string of the molecule is Cc1cc(Br)ccc1OCC(=O)NC(=S)N1CCCc2ccccc21. The van der Waals surface area contributed by atoms with Crippen LogP contribution in [0, 0.1) is 6.92 Å². The molecule has 0 fully saturated rings. The Kier molecular flexibility index (Phi) is 5.71. The number of para-hydroxylation sites is 1. The predicted octanol–water partition coefficient (Wildman–Crippen LogP) is 3.99. The van der Waals surface area contributed by atoms with E-state index in [4.69, 9.17) is 17.0 Å². The van der Waals surface area contributed by atoms with E-state index >= 15 is 0 Å². The van der Waals surface area contributed by atoms with E-state index in [1.807, 2.05) is 48.2 Å². The zero-order valence-corrected chi connectivity index (χ0v) is 16.3. The number of nitrogens with zero attached hydrogens (tertiary/aromatic N) is 1. The van der Waals surface area contributed by atoms with Crippen LogP contribution in [-0.2, 0) is 11.2 Å². The van der Waals surface area contributed by atoms with E-state index in [9.17, 15) is 4.79 Å². The lowest BCUT2D eigenvalue weighted by molar-refractivity contribution is -0.121. The summed E-state index contributed by atoms with van der Waals surface area (Å²) in [5.41, 5.74) is 3.30. The molecule has 1 aliphatic heterocycles. The van der Waals surface area contributed by atoms with Crippen LogP contribution < -0.4 is 15.0 Å². The first-order valence-corrected chi connectivity index (χ1v) is 9.33. The summed E-state index contributed by atoms with van der Waals surface area (Å²) in [6, 6.07) is 13.8. The van der Waals surface area contributed by atoms with Crippen LogP contribution in [0.1, 0.15) is 17.5 Å². The Hall–Kier alpha value is -1.92. The number of halogens is 1. The minimum atomic E-state index is -0.254. The lowest BCUT2D eigenvalue weighted by atomic mass is 10.0. The van der Waals surface area contributed by atoms with Gasteiger partial charge in [0.25, 0.3) is 5.91 Å². The molecule has 4 nitrogen and oxygen atoms in total. The van der Waals surface area contributed by atoms with Gasteiger partial charge in [-0.25, -0.2) is 0 Å². The Morgan fingerprint density at radius 3 is 2.92 bits per heavy atom. The molecule has 0 aliphatic carbocycles. The zero-order chi connectivity index (χ0) is 17.8. The molecule has 1 amide bonds. The summed E-state index contributed by atoms with van der Waals surface area (Å²) in [4.78, 5) is 14.2. The number of carbonyl (C=O) groups is 1. The molecule has 6 heteroatoms. The van der Waals surface area contributed by atoms with Gasteiger partial charge in [-0.1, -0.05) is 34.1 Å². The Labute approximate surface area is 161 Å². The first kappa shape index (κ1) is 17.9. The van der Waals surface area contributed by atoms with Gasteiger partial charge in [-0.2, -0.15) is 0 Å². The number of hydrogen-bond donors (Lipinski definition) is 1. The molecule has 0 bridgehead atoms. The number of amides is 1. The molecule has 0 unspecified atom stereocenters. The number of ether oxygens (including phenoxy) is 1. The summed E-state index contributed by atoms with van der Waals surface area (Å²) in [5.74, 6) is 0.433. The van der Waals surface area contributed by atoms with Crippen molar-refractivity contribution in [3.8, 4) is 5.75 Å². The largest absolute Gasteiger partial charge is 0.483 e. The average Bonchev–Trinajstić information content (AvgIpc) is 2.60. The summed E-state index contributed by atoms with van der Waals surface area (Å²) in [5, 5.41) is 3.20. The quantitative estimate of drug-likeness (QED) is 0.764. The summed E-state index contributed by atoms with van der Waals surface area (Å²) in [7, 11) is 0. The highest BCUT2D eigenvalue weighted by Crippen LogP contribution is 2.26. The predicted molar refractivity (Wildman–Crippen MR) is 107 cm³/mol. The number of rotatable bonds is 3. The third-order valence-corrected chi connectivity index (χ3v) is 4.91. The van der Waals surface area contributed by atoms with Crippen LogP contribution in [0.4, 0.5) is 5.69 Å². The maximum Gasteiger partial charge on any atom is 0.264 e. The van der Waals surface area contributed by atoms with Crippen LogP contribution in [0.2, 0.25) is 0 Å². The maximum absolute atomic E-state index is 12.2. The van der Waals surface area contributed by atoms with Crippen LogP contribution in [-0.4, -0.2) is 24.2 Å². The van der Waals surface area contributed by atoms with Gasteiger partial charge >= 0.3 is 0 Å². The molecule has 1 aliphatic rings. The molecule has 130 valence electrons. The lowest BCUT2D eigenvalue weighted by Crippen LogP contribution is -2.46. The topological polar surface area (TPSA) is 41.6 Å². The van der Waals surface area contributed by atoms with Gasteiger partial charge in [0.15, 0.2) is 11.7 Å². The van der Waals surface area contributed by atoms with Gasteiger partial charge in [0, 0.05) is 16.7 Å². The van der Waals surface area contributed by atoms with Crippen molar-refractivity contribution in [1.82, 2.24) is 5.32 Å². The van der Waals surface area contributed by atoms with Crippen molar-refractivity contribution in [1.29, 1.82) is 0 Å². The van der Waals surface area contributed by atoms with E-state index in [1.54, 1.807) is 0 Å². The third-order valence-electron chi connectivity index (χ3n) is 4.10. The first-order valence-electron chi connectivity index (χ1n) is 8.13. The van der Waals surface area contributed by atoms with Crippen LogP contribution in [0.3, 0.4) is 0 Å². The average molecular weight is 419 g/mol. The number of benzene rings is 2. The number of aryl methyl sites for hydroxylation is 2. The fourth-order valence-corrected chi connectivity index (χ4v) is 3.66. The van der Waals surface area contributed by atoms with E-state index < -0.39 is 0 Å². The zero-order valence-electron chi connectivity index (χ0n) is 13.9. The molecular formula is C19H19BrN2O2S. The molecule has 0 spiro atoms. The second-order valence-corrected chi connectivity index (χ2v) is 7.24. The number of carbonyl (C=O) groups excluding carboxylic acids is 1. The highest BCUT2D eigenvalue weighted by Gasteiger charge is 2.21. The van der Waals surface area contributed by atoms with Crippen molar-refractivity contribution in [2.75, 3.05) is 18.1 Å². The van der Waals surface area contributed by atoms with Crippen molar-refractivity contribution >= 4 is 44.9 Å². The van der Waals surface area contributed by atoms with Crippen molar-refractivity contribution in [3.05, 3.63) is 58.1 Å².